The van der Waals surface area contributed by atoms with Gasteiger partial charge in [0.05, 0.1) is 13.7 Å². The molecule has 0 saturated carbocycles. The third kappa shape index (κ3) is 3.56. The number of rotatable bonds is 7. The molecular weight excluding hydrogens is 354 g/mol. The molecule has 2 saturated heterocycles. The number of nitrogens with zero attached hydrogens (tertiary/aromatic N) is 3. The van der Waals surface area contributed by atoms with Gasteiger partial charge in [0.25, 0.3) is 0 Å². The summed E-state index contributed by atoms with van der Waals surface area (Å²) in [6, 6.07) is 7.16. The summed E-state index contributed by atoms with van der Waals surface area (Å²) in [5.74, 6) is 1.68. The molecule has 152 valence electrons. The van der Waals surface area contributed by atoms with Crippen molar-refractivity contribution in [2.45, 2.75) is 63.4 Å². The number of fused-ring (bicyclic) bond motifs is 2. The number of hydrogen-bond donors (Lipinski definition) is 1. The lowest BCUT2D eigenvalue weighted by atomic mass is 9.85. The molecule has 2 fully saturated rings. The Bertz CT molecular complexity index is 805. The maximum Gasteiger partial charge on any atom is 0.140 e. The van der Waals surface area contributed by atoms with Gasteiger partial charge in [0.15, 0.2) is 0 Å². The second-order valence-corrected chi connectivity index (χ2v) is 8.14. The first-order valence-electron chi connectivity index (χ1n) is 10.2. The molecule has 4 rings (SSSR count). The SMILES string of the molecule is CCOCc1cc(CN2[C@H]3CC[C@H]2CC(O)(c2nccn2C)C3)ccc1OC. The van der Waals surface area contributed by atoms with E-state index in [1.807, 2.05) is 30.8 Å². The van der Waals surface area contributed by atoms with Crippen LogP contribution in [0.1, 0.15) is 49.6 Å². The molecule has 0 unspecified atom stereocenters. The molecule has 0 radical (unpaired) electrons. The van der Waals surface area contributed by atoms with Gasteiger partial charge >= 0.3 is 0 Å². The average molecular weight is 386 g/mol. The van der Waals surface area contributed by atoms with E-state index in [-0.39, 0.29) is 0 Å². The third-order valence-corrected chi connectivity index (χ3v) is 6.33. The Kier molecular flexibility index (Phi) is 5.45. The molecule has 28 heavy (non-hydrogen) atoms. The van der Waals surface area contributed by atoms with Gasteiger partial charge in [0, 0.05) is 50.2 Å². The molecule has 2 aliphatic heterocycles. The lowest BCUT2D eigenvalue weighted by Crippen LogP contribution is -2.50. The summed E-state index contributed by atoms with van der Waals surface area (Å²) in [5.41, 5.74) is 1.55. The number of ether oxygens (including phenoxy) is 2. The van der Waals surface area contributed by atoms with Gasteiger partial charge in [-0.1, -0.05) is 6.07 Å². The topological polar surface area (TPSA) is 59.8 Å². The van der Waals surface area contributed by atoms with Crippen LogP contribution in [0.25, 0.3) is 0 Å². The predicted molar refractivity (Wildman–Crippen MR) is 107 cm³/mol. The lowest BCUT2D eigenvalue weighted by Gasteiger charge is -2.43. The summed E-state index contributed by atoms with van der Waals surface area (Å²) in [6.07, 6.45) is 7.46. The highest BCUT2D eigenvalue weighted by Gasteiger charge is 2.49. The summed E-state index contributed by atoms with van der Waals surface area (Å²) in [5, 5.41) is 11.3. The number of aryl methyl sites for hydroxylation is 1. The van der Waals surface area contributed by atoms with Gasteiger partial charge in [0.2, 0.25) is 0 Å². The Labute approximate surface area is 167 Å². The Morgan fingerprint density at radius 1 is 1.25 bits per heavy atom. The van der Waals surface area contributed by atoms with E-state index in [2.05, 4.69) is 22.0 Å². The number of aliphatic hydroxyl groups is 1. The zero-order chi connectivity index (χ0) is 19.7. The third-order valence-electron chi connectivity index (χ3n) is 6.33. The fourth-order valence-corrected chi connectivity index (χ4v) is 5.04. The van der Waals surface area contributed by atoms with E-state index in [1.165, 1.54) is 5.56 Å². The molecule has 1 aromatic carbocycles. The van der Waals surface area contributed by atoms with Crippen LogP contribution < -0.4 is 4.74 Å². The van der Waals surface area contributed by atoms with Gasteiger partial charge in [0.1, 0.15) is 17.2 Å². The average Bonchev–Trinajstić information content (AvgIpc) is 3.22. The van der Waals surface area contributed by atoms with Crippen LogP contribution in [0.5, 0.6) is 5.75 Å². The molecule has 0 amide bonds. The van der Waals surface area contributed by atoms with E-state index in [0.29, 0.717) is 25.3 Å². The minimum atomic E-state index is -0.819. The van der Waals surface area contributed by atoms with E-state index < -0.39 is 5.60 Å². The molecule has 2 bridgehead atoms. The second kappa shape index (κ2) is 7.85. The number of aromatic nitrogens is 2. The van der Waals surface area contributed by atoms with Crippen molar-refractivity contribution in [3.8, 4) is 5.75 Å². The van der Waals surface area contributed by atoms with Crippen LogP contribution in [0.2, 0.25) is 0 Å². The van der Waals surface area contributed by atoms with Gasteiger partial charge in [-0.25, -0.2) is 4.98 Å². The number of imidazole rings is 1. The molecule has 0 aliphatic carbocycles. The number of methoxy groups -OCH3 is 1. The number of piperidine rings is 1. The maximum atomic E-state index is 11.3. The van der Waals surface area contributed by atoms with Gasteiger partial charge in [-0.3, -0.25) is 4.90 Å². The maximum absolute atomic E-state index is 11.3. The summed E-state index contributed by atoms with van der Waals surface area (Å²) in [6.45, 7) is 4.16. The summed E-state index contributed by atoms with van der Waals surface area (Å²) >= 11 is 0. The highest BCUT2D eigenvalue weighted by Crippen LogP contribution is 2.45. The largest absolute Gasteiger partial charge is 0.496 e. The monoisotopic (exact) mass is 385 g/mol. The van der Waals surface area contributed by atoms with E-state index in [9.17, 15) is 5.11 Å². The molecule has 2 atom stereocenters. The van der Waals surface area contributed by atoms with E-state index in [1.54, 1.807) is 13.3 Å². The van der Waals surface area contributed by atoms with Crippen molar-refractivity contribution in [1.82, 2.24) is 14.5 Å². The lowest BCUT2D eigenvalue weighted by molar-refractivity contribution is -0.0669. The van der Waals surface area contributed by atoms with Crippen LogP contribution >= 0.6 is 0 Å². The summed E-state index contributed by atoms with van der Waals surface area (Å²) in [4.78, 5) is 7.02. The quantitative estimate of drug-likeness (QED) is 0.794. The smallest absolute Gasteiger partial charge is 0.140 e. The van der Waals surface area contributed by atoms with Crippen LogP contribution in [0.15, 0.2) is 30.6 Å². The Morgan fingerprint density at radius 2 is 2.00 bits per heavy atom. The van der Waals surface area contributed by atoms with Crippen LogP contribution in [0.4, 0.5) is 0 Å². The zero-order valence-corrected chi connectivity index (χ0v) is 17.1. The molecule has 2 aromatic rings. The van der Waals surface area contributed by atoms with Crippen molar-refractivity contribution in [1.29, 1.82) is 0 Å². The highest BCUT2D eigenvalue weighted by molar-refractivity contribution is 5.37. The first kappa shape index (κ1) is 19.4. The molecular formula is C22H31N3O3. The fraction of sp³-hybridized carbons (Fsp3) is 0.591. The van der Waals surface area contributed by atoms with Gasteiger partial charge in [-0.15, -0.1) is 0 Å². The Balaban J connectivity index is 1.51. The molecule has 1 aromatic heterocycles. The number of benzene rings is 1. The van der Waals surface area contributed by atoms with Gasteiger partial charge < -0.3 is 19.1 Å². The Morgan fingerprint density at radius 3 is 2.61 bits per heavy atom. The van der Waals surface area contributed by atoms with E-state index in [4.69, 9.17) is 9.47 Å². The molecule has 6 heteroatoms. The van der Waals surface area contributed by atoms with Crippen molar-refractivity contribution in [2.75, 3.05) is 13.7 Å². The van der Waals surface area contributed by atoms with Gasteiger partial charge in [-0.2, -0.15) is 0 Å². The molecule has 0 spiro atoms. The normalized spacial score (nSPS) is 27.3. The minimum absolute atomic E-state index is 0.387. The van der Waals surface area contributed by atoms with Crippen molar-refractivity contribution in [3.05, 3.63) is 47.5 Å². The standard InChI is InChI=1S/C22H31N3O3/c1-4-28-15-17-11-16(5-8-20(17)27-3)14-25-18-6-7-19(25)13-22(26,12-18)21-23-9-10-24(21)2/h5,8-11,18-19,26H,4,6-7,12-15H2,1-3H3/t18-,19-/m0/s1. The van der Waals surface area contributed by atoms with Crippen LogP contribution in [-0.2, 0) is 30.5 Å². The van der Waals surface area contributed by atoms with Crippen molar-refractivity contribution >= 4 is 0 Å². The van der Waals surface area contributed by atoms with E-state index >= 15 is 0 Å². The van der Waals surface area contributed by atoms with Crippen LogP contribution in [0.3, 0.4) is 0 Å². The number of hydrogen-bond acceptors (Lipinski definition) is 5. The van der Waals surface area contributed by atoms with Crippen molar-refractivity contribution in [3.63, 3.8) is 0 Å². The van der Waals surface area contributed by atoms with E-state index in [0.717, 1.165) is 49.4 Å². The molecule has 3 heterocycles. The fourth-order valence-electron chi connectivity index (χ4n) is 5.04. The first-order valence-corrected chi connectivity index (χ1v) is 10.2. The molecule has 6 nitrogen and oxygen atoms in total. The predicted octanol–water partition coefficient (Wildman–Crippen LogP) is 2.98. The first-order chi connectivity index (χ1) is 13.5. The van der Waals surface area contributed by atoms with Crippen LogP contribution in [0, 0.1) is 0 Å². The second-order valence-electron chi connectivity index (χ2n) is 8.14. The Hall–Kier alpha value is -1.89. The molecule has 2 aliphatic rings. The van der Waals surface area contributed by atoms with Crippen LogP contribution in [-0.4, -0.2) is 45.4 Å². The summed E-state index contributed by atoms with van der Waals surface area (Å²) < 4.78 is 13.0. The van der Waals surface area contributed by atoms with Crippen molar-refractivity contribution < 1.29 is 14.6 Å². The minimum Gasteiger partial charge on any atom is -0.496 e. The summed E-state index contributed by atoms with van der Waals surface area (Å²) in [7, 11) is 3.67. The molecule has 1 N–H and O–H groups in total. The van der Waals surface area contributed by atoms with Gasteiger partial charge in [-0.05, 0) is 50.3 Å². The van der Waals surface area contributed by atoms with Crippen molar-refractivity contribution in [2.24, 2.45) is 7.05 Å². The zero-order valence-electron chi connectivity index (χ0n) is 17.1. The highest BCUT2D eigenvalue weighted by atomic mass is 16.5.